The summed E-state index contributed by atoms with van der Waals surface area (Å²) in [5.41, 5.74) is 1.06. The van der Waals surface area contributed by atoms with Crippen LogP contribution < -0.4 is 15.5 Å². The molecule has 0 spiro atoms. The first-order valence-electron chi connectivity index (χ1n) is 12.5. The summed E-state index contributed by atoms with van der Waals surface area (Å²) in [5, 5.41) is 6.99. The number of nitrogens with one attached hydrogen (secondary N) is 2. The fourth-order valence-electron chi connectivity index (χ4n) is 5.85. The summed E-state index contributed by atoms with van der Waals surface area (Å²) < 4.78 is 27.7. The first-order chi connectivity index (χ1) is 17.0. The number of alkyl halides is 2. The van der Waals surface area contributed by atoms with Crippen LogP contribution in [0.4, 0.5) is 20.3 Å². The van der Waals surface area contributed by atoms with Gasteiger partial charge in [-0.1, -0.05) is 23.7 Å². The number of piperidine rings is 1. The quantitative estimate of drug-likeness (QED) is 0.594. The summed E-state index contributed by atoms with van der Waals surface area (Å²) in [5.74, 6) is 1.32. The van der Waals surface area contributed by atoms with Crippen molar-refractivity contribution in [3.05, 3.63) is 52.7 Å². The van der Waals surface area contributed by atoms with Crippen molar-refractivity contribution in [1.82, 2.24) is 15.2 Å². The van der Waals surface area contributed by atoms with E-state index >= 15 is 0 Å². The van der Waals surface area contributed by atoms with E-state index in [9.17, 15) is 13.6 Å². The van der Waals surface area contributed by atoms with Crippen LogP contribution in [-0.2, 0) is 10.2 Å². The molecule has 2 fully saturated rings. The molecule has 0 saturated carbocycles. The Morgan fingerprint density at radius 1 is 1.20 bits per heavy atom. The first kappa shape index (κ1) is 24.4. The van der Waals surface area contributed by atoms with Crippen molar-refractivity contribution < 1.29 is 13.6 Å². The molecule has 188 valence electrons. The largest absolute Gasteiger partial charge is 0.369 e. The number of hydrogen-bond donors (Lipinski definition) is 2. The molecule has 5 rings (SSSR count). The summed E-state index contributed by atoms with van der Waals surface area (Å²) in [6.07, 6.45) is 2.22. The van der Waals surface area contributed by atoms with Crippen molar-refractivity contribution >= 4 is 29.0 Å². The fourth-order valence-corrected chi connectivity index (χ4v) is 6.17. The van der Waals surface area contributed by atoms with Gasteiger partial charge < -0.3 is 15.5 Å². The smallest absolute Gasteiger partial charge is 0.241 e. The van der Waals surface area contributed by atoms with Gasteiger partial charge in [-0.3, -0.25) is 9.69 Å². The molecule has 1 aromatic carbocycles. The highest BCUT2D eigenvalue weighted by atomic mass is 35.5. The van der Waals surface area contributed by atoms with E-state index in [-0.39, 0.29) is 18.9 Å². The van der Waals surface area contributed by atoms with Gasteiger partial charge in [-0.05, 0) is 68.6 Å². The van der Waals surface area contributed by atoms with E-state index in [4.69, 9.17) is 11.6 Å². The van der Waals surface area contributed by atoms with Crippen LogP contribution in [0.15, 0.2) is 36.5 Å². The van der Waals surface area contributed by atoms with E-state index in [0.29, 0.717) is 29.5 Å². The lowest BCUT2D eigenvalue weighted by molar-refractivity contribution is -0.121. The fraction of sp³-hybridized carbons (Fsp3) is 0.538. The number of aromatic nitrogens is 1. The molecule has 6 nitrogen and oxygen atoms in total. The molecule has 3 aliphatic rings. The number of anilines is 2. The lowest BCUT2D eigenvalue weighted by atomic mass is 9.74. The summed E-state index contributed by atoms with van der Waals surface area (Å²) in [7, 11) is 0. The molecular formula is C26H32ClF2N5O. The van der Waals surface area contributed by atoms with Crippen LogP contribution in [0.1, 0.15) is 36.8 Å². The minimum atomic E-state index is -2.52. The highest BCUT2D eigenvalue weighted by molar-refractivity contribution is 6.32. The number of hydrogen-bond acceptors (Lipinski definition) is 5. The molecule has 1 amide bonds. The van der Waals surface area contributed by atoms with Gasteiger partial charge in [-0.2, -0.15) is 0 Å². The third-order valence-corrected chi connectivity index (χ3v) is 8.08. The van der Waals surface area contributed by atoms with Gasteiger partial charge >= 0.3 is 0 Å². The average molecular weight is 504 g/mol. The predicted molar refractivity (Wildman–Crippen MR) is 135 cm³/mol. The van der Waals surface area contributed by atoms with Gasteiger partial charge in [0.1, 0.15) is 5.82 Å². The number of carbonyl (C=O) groups is 1. The van der Waals surface area contributed by atoms with Gasteiger partial charge in [-0.25, -0.2) is 13.8 Å². The van der Waals surface area contributed by atoms with Crippen LogP contribution in [0.5, 0.6) is 0 Å². The minimum absolute atomic E-state index is 0.0475. The molecule has 9 heteroatoms. The van der Waals surface area contributed by atoms with Gasteiger partial charge in [0.15, 0.2) is 0 Å². The highest BCUT2D eigenvalue weighted by Crippen LogP contribution is 2.48. The zero-order valence-electron chi connectivity index (χ0n) is 19.8. The summed E-state index contributed by atoms with van der Waals surface area (Å²) in [6, 6.07) is 9.11. The number of amides is 1. The van der Waals surface area contributed by atoms with Crippen LogP contribution in [0.25, 0.3) is 0 Å². The van der Waals surface area contributed by atoms with Crippen LogP contribution >= 0.6 is 11.6 Å². The van der Waals surface area contributed by atoms with Gasteiger partial charge in [0.25, 0.3) is 0 Å². The van der Waals surface area contributed by atoms with E-state index in [1.807, 2.05) is 24.3 Å². The molecule has 1 atom stereocenters. The number of piperazine rings is 1. The number of pyridine rings is 1. The van der Waals surface area contributed by atoms with E-state index in [1.54, 1.807) is 17.2 Å². The third kappa shape index (κ3) is 5.01. The van der Waals surface area contributed by atoms with Gasteiger partial charge in [-0.15, -0.1) is 0 Å². The Labute approximate surface area is 210 Å². The van der Waals surface area contributed by atoms with Crippen LogP contribution in [0, 0.1) is 5.92 Å². The predicted octanol–water partition coefficient (Wildman–Crippen LogP) is 4.14. The number of benzene rings is 1. The van der Waals surface area contributed by atoms with Crippen molar-refractivity contribution in [2.45, 2.75) is 37.5 Å². The topological polar surface area (TPSA) is 60.5 Å². The van der Waals surface area contributed by atoms with Gasteiger partial charge in [0, 0.05) is 53.9 Å². The van der Waals surface area contributed by atoms with Gasteiger partial charge in [0.2, 0.25) is 12.3 Å². The maximum atomic E-state index is 13.8. The third-order valence-electron chi connectivity index (χ3n) is 7.76. The number of halogens is 3. The molecule has 1 aromatic heterocycles. The summed E-state index contributed by atoms with van der Waals surface area (Å²) >= 11 is 6.50. The molecule has 2 saturated heterocycles. The Kier molecular flexibility index (Phi) is 7.23. The highest BCUT2D eigenvalue weighted by Gasteiger charge is 2.45. The molecule has 2 N–H and O–H groups in total. The molecule has 35 heavy (non-hydrogen) atoms. The Balaban J connectivity index is 1.34. The molecule has 2 aromatic rings. The van der Waals surface area contributed by atoms with E-state index in [0.717, 1.165) is 49.8 Å². The number of rotatable bonds is 7. The Morgan fingerprint density at radius 3 is 2.80 bits per heavy atom. The second-order valence-electron chi connectivity index (χ2n) is 9.90. The molecule has 0 radical (unpaired) electrons. The van der Waals surface area contributed by atoms with Crippen LogP contribution in [0.2, 0.25) is 5.02 Å². The standard InChI is InChI=1S/C26H32ClF2N5O/c27-21-6-10-31-25-24(21)26(17-32-25,15-22(28)29)19-2-1-3-20(14-19)34-13-12-33(16-23(34)35)11-7-18-4-8-30-9-5-18/h1-3,6,10,14,18,22,30H,4-5,7-9,11-13,15-17H2,(H,31,32). The van der Waals surface area contributed by atoms with Crippen LogP contribution in [0.3, 0.4) is 0 Å². The van der Waals surface area contributed by atoms with E-state index in [1.165, 1.54) is 12.8 Å². The van der Waals surface area contributed by atoms with Crippen molar-refractivity contribution in [2.75, 3.05) is 56.0 Å². The van der Waals surface area contributed by atoms with Crippen molar-refractivity contribution in [3.63, 3.8) is 0 Å². The second-order valence-corrected chi connectivity index (χ2v) is 10.3. The number of fused-ring (bicyclic) bond motifs is 1. The van der Waals surface area contributed by atoms with Crippen molar-refractivity contribution in [1.29, 1.82) is 0 Å². The maximum absolute atomic E-state index is 13.8. The van der Waals surface area contributed by atoms with Crippen molar-refractivity contribution in [3.8, 4) is 0 Å². The summed E-state index contributed by atoms with van der Waals surface area (Å²) in [6.45, 7) is 5.18. The van der Waals surface area contributed by atoms with Crippen molar-refractivity contribution in [2.24, 2.45) is 5.92 Å². The zero-order chi connectivity index (χ0) is 24.4. The van der Waals surface area contributed by atoms with E-state index < -0.39 is 11.8 Å². The van der Waals surface area contributed by atoms with E-state index in [2.05, 4.69) is 20.5 Å². The molecular weight excluding hydrogens is 472 g/mol. The monoisotopic (exact) mass is 503 g/mol. The maximum Gasteiger partial charge on any atom is 0.241 e. The molecule has 0 bridgehead atoms. The van der Waals surface area contributed by atoms with Crippen LogP contribution in [-0.4, -0.2) is 68.0 Å². The lowest BCUT2D eigenvalue weighted by Gasteiger charge is -2.36. The number of nitrogens with zero attached hydrogens (tertiary/aromatic N) is 3. The first-order valence-corrected chi connectivity index (χ1v) is 12.8. The molecule has 3 aliphatic heterocycles. The minimum Gasteiger partial charge on any atom is -0.369 e. The SMILES string of the molecule is O=C1CN(CCC2CCNCC2)CCN1c1cccc(C2(CC(F)F)CNc3nccc(Cl)c32)c1. The Morgan fingerprint density at radius 2 is 2.03 bits per heavy atom. The molecule has 4 heterocycles. The number of carbonyl (C=O) groups excluding carboxylic acids is 1. The normalized spacial score (nSPS) is 23.5. The summed E-state index contributed by atoms with van der Waals surface area (Å²) in [4.78, 5) is 21.5. The Hall–Kier alpha value is -2.29. The second kappa shape index (κ2) is 10.4. The van der Waals surface area contributed by atoms with Gasteiger partial charge in [0.05, 0.1) is 6.54 Å². The molecule has 1 unspecified atom stereocenters. The molecule has 0 aliphatic carbocycles. The lowest BCUT2D eigenvalue weighted by Crippen LogP contribution is -2.51. The zero-order valence-corrected chi connectivity index (χ0v) is 20.5. The average Bonchev–Trinajstić information content (AvgIpc) is 3.24. The Bertz CT molecular complexity index is 1060.